The molecule has 20 heavy (non-hydrogen) atoms. The Hall–Kier alpha value is -1.88. The van der Waals surface area contributed by atoms with E-state index >= 15 is 0 Å². The molecule has 0 fully saturated rings. The van der Waals surface area contributed by atoms with E-state index in [-0.39, 0.29) is 17.7 Å². The lowest BCUT2D eigenvalue weighted by Gasteiger charge is -2.15. The van der Waals surface area contributed by atoms with Gasteiger partial charge in [0.1, 0.15) is 5.75 Å². The van der Waals surface area contributed by atoms with Crippen LogP contribution < -0.4 is 15.5 Å². The SMILES string of the molecule is COc1cccc(N2N=C(C(C)C)C(CCN)C2=O)c1. The molecule has 5 heteroatoms. The number of ether oxygens (including phenoxy) is 1. The minimum Gasteiger partial charge on any atom is -0.497 e. The second-order valence-electron chi connectivity index (χ2n) is 5.16. The van der Waals surface area contributed by atoms with Crippen LogP contribution in [0.5, 0.6) is 5.75 Å². The van der Waals surface area contributed by atoms with Gasteiger partial charge in [-0.05, 0) is 31.0 Å². The number of hydrogen-bond donors (Lipinski definition) is 1. The van der Waals surface area contributed by atoms with Crippen LogP contribution in [-0.2, 0) is 4.79 Å². The van der Waals surface area contributed by atoms with Crippen LogP contribution >= 0.6 is 0 Å². The zero-order chi connectivity index (χ0) is 14.7. The summed E-state index contributed by atoms with van der Waals surface area (Å²) in [7, 11) is 1.60. The van der Waals surface area contributed by atoms with Gasteiger partial charge in [-0.2, -0.15) is 5.10 Å². The van der Waals surface area contributed by atoms with Gasteiger partial charge in [0.2, 0.25) is 0 Å². The van der Waals surface area contributed by atoms with Gasteiger partial charge in [-0.1, -0.05) is 19.9 Å². The summed E-state index contributed by atoms with van der Waals surface area (Å²) < 4.78 is 5.19. The van der Waals surface area contributed by atoms with Crippen molar-refractivity contribution in [1.29, 1.82) is 0 Å². The lowest BCUT2D eigenvalue weighted by Crippen LogP contribution is -2.30. The number of rotatable bonds is 5. The lowest BCUT2D eigenvalue weighted by molar-refractivity contribution is -0.119. The Bertz CT molecular complexity index is 526. The summed E-state index contributed by atoms with van der Waals surface area (Å²) in [5, 5.41) is 5.97. The van der Waals surface area contributed by atoms with Crippen molar-refractivity contribution in [1.82, 2.24) is 0 Å². The van der Waals surface area contributed by atoms with Crippen molar-refractivity contribution in [2.45, 2.75) is 20.3 Å². The van der Waals surface area contributed by atoms with Crippen molar-refractivity contribution in [2.75, 3.05) is 18.7 Å². The van der Waals surface area contributed by atoms with E-state index in [4.69, 9.17) is 10.5 Å². The Morgan fingerprint density at radius 3 is 2.80 bits per heavy atom. The second-order valence-corrected chi connectivity index (χ2v) is 5.16. The highest BCUT2D eigenvalue weighted by atomic mass is 16.5. The van der Waals surface area contributed by atoms with E-state index in [1.165, 1.54) is 5.01 Å². The number of amides is 1. The quantitative estimate of drug-likeness (QED) is 0.894. The molecule has 1 aliphatic rings. The van der Waals surface area contributed by atoms with Crippen LogP contribution in [0.2, 0.25) is 0 Å². The number of nitrogens with zero attached hydrogens (tertiary/aromatic N) is 2. The molecule has 0 aromatic heterocycles. The number of benzene rings is 1. The van der Waals surface area contributed by atoms with E-state index in [0.29, 0.717) is 18.7 Å². The van der Waals surface area contributed by atoms with Gasteiger partial charge in [-0.15, -0.1) is 0 Å². The van der Waals surface area contributed by atoms with E-state index < -0.39 is 0 Å². The maximum atomic E-state index is 12.5. The largest absolute Gasteiger partial charge is 0.497 e. The van der Waals surface area contributed by atoms with Crippen LogP contribution in [0.15, 0.2) is 29.4 Å². The molecule has 0 aliphatic carbocycles. The molecule has 1 heterocycles. The zero-order valence-corrected chi connectivity index (χ0v) is 12.2. The van der Waals surface area contributed by atoms with Crippen LogP contribution in [-0.4, -0.2) is 25.3 Å². The highest BCUT2D eigenvalue weighted by Gasteiger charge is 2.37. The van der Waals surface area contributed by atoms with E-state index in [0.717, 1.165) is 11.4 Å². The molecule has 2 N–H and O–H groups in total. The molecule has 0 radical (unpaired) electrons. The van der Waals surface area contributed by atoms with Crippen molar-refractivity contribution in [3.63, 3.8) is 0 Å². The lowest BCUT2D eigenvalue weighted by atomic mass is 9.92. The van der Waals surface area contributed by atoms with E-state index in [1.54, 1.807) is 7.11 Å². The van der Waals surface area contributed by atoms with Crippen molar-refractivity contribution in [3.05, 3.63) is 24.3 Å². The third-order valence-corrected chi connectivity index (χ3v) is 3.42. The van der Waals surface area contributed by atoms with E-state index in [2.05, 4.69) is 5.10 Å². The molecule has 1 unspecified atom stereocenters. The van der Waals surface area contributed by atoms with Crippen molar-refractivity contribution in [3.8, 4) is 5.75 Å². The first-order valence-corrected chi connectivity index (χ1v) is 6.85. The first kappa shape index (κ1) is 14.5. The minimum atomic E-state index is -0.203. The maximum absolute atomic E-state index is 12.5. The first-order valence-electron chi connectivity index (χ1n) is 6.85. The fourth-order valence-corrected chi connectivity index (χ4v) is 2.39. The Labute approximate surface area is 119 Å². The fraction of sp³-hybridized carbons (Fsp3) is 0.467. The Morgan fingerprint density at radius 2 is 2.20 bits per heavy atom. The summed E-state index contributed by atoms with van der Waals surface area (Å²) >= 11 is 0. The molecule has 5 nitrogen and oxygen atoms in total. The summed E-state index contributed by atoms with van der Waals surface area (Å²) in [6, 6.07) is 7.35. The van der Waals surface area contributed by atoms with E-state index in [1.807, 2.05) is 38.1 Å². The molecule has 108 valence electrons. The summed E-state index contributed by atoms with van der Waals surface area (Å²) in [5.41, 5.74) is 7.25. The second kappa shape index (κ2) is 6.05. The molecule has 0 saturated heterocycles. The average Bonchev–Trinajstić information content (AvgIpc) is 2.77. The van der Waals surface area contributed by atoms with Gasteiger partial charge in [0.05, 0.1) is 24.4 Å². The average molecular weight is 275 g/mol. The van der Waals surface area contributed by atoms with Gasteiger partial charge in [0.25, 0.3) is 5.91 Å². The number of carbonyl (C=O) groups is 1. The third-order valence-electron chi connectivity index (χ3n) is 3.42. The topological polar surface area (TPSA) is 67.9 Å². The summed E-state index contributed by atoms with van der Waals surface area (Å²) in [4.78, 5) is 12.5. The van der Waals surface area contributed by atoms with Crippen LogP contribution in [0.3, 0.4) is 0 Å². The number of hydrogen-bond acceptors (Lipinski definition) is 4. The van der Waals surface area contributed by atoms with Crippen LogP contribution in [0.25, 0.3) is 0 Å². The van der Waals surface area contributed by atoms with Gasteiger partial charge < -0.3 is 10.5 Å². The normalized spacial score (nSPS) is 18.6. The number of methoxy groups -OCH3 is 1. The molecule has 1 aromatic rings. The van der Waals surface area contributed by atoms with Crippen molar-refractivity contribution >= 4 is 17.3 Å². The number of hydrazone groups is 1. The number of nitrogens with two attached hydrogens (primary N) is 1. The highest BCUT2D eigenvalue weighted by Crippen LogP contribution is 2.30. The first-order chi connectivity index (χ1) is 9.58. The molecule has 1 aliphatic heterocycles. The Morgan fingerprint density at radius 1 is 1.45 bits per heavy atom. The predicted molar refractivity (Wildman–Crippen MR) is 79.9 cm³/mol. The molecule has 0 bridgehead atoms. The fourth-order valence-electron chi connectivity index (χ4n) is 2.39. The molecule has 0 spiro atoms. The molecular weight excluding hydrogens is 254 g/mol. The van der Waals surface area contributed by atoms with Crippen molar-refractivity contribution in [2.24, 2.45) is 22.7 Å². The molecule has 1 atom stereocenters. The molecule has 1 amide bonds. The van der Waals surface area contributed by atoms with E-state index in [9.17, 15) is 4.79 Å². The standard InChI is InChI=1S/C15H21N3O2/c1-10(2)14-13(7-8-16)15(19)18(17-14)11-5-4-6-12(9-11)20-3/h4-6,9-10,13H,7-8,16H2,1-3H3. The third kappa shape index (κ3) is 2.67. The maximum Gasteiger partial charge on any atom is 0.256 e. The zero-order valence-electron chi connectivity index (χ0n) is 12.2. The molecule has 1 aromatic carbocycles. The van der Waals surface area contributed by atoms with Crippen molar-refractivity contribution < 1.29 is 9.53 Å². The minimum absolute atomic E-state index is 0.00703. The molecular formula is C15H21N3O2. The molecule has 0 saturated carbocycles. The monoisotopic (exact) mass is 275 g/mol. The van der Waals surface area contributed by atoms with Crippen LogP contribution in [0, 0.1) is 11.8 Å². The van der Waals surface area contributed by atoms with Gasteiger partial charge >= 0.3 is 0 Å². The smallest absolute Gasteiger partial charge is 0.256 e. The van der Waals surface area contributed by atoms with Gasteiger partial charge in [-0.25, -0.2) is 5.01 Å². The molecule has 2 rings (SSSR count). The van der Waals surface area contributed by atoms with Gasteiger partial charge in [0, 0.05) is 6.07 Å². The van der Waals surface area contributed by atoms with Gasteiger partial charge in [0.15, 0.2) is 0 Å². The number of carbonyl (C=O) groups excluding carboxylic acids is 1. The summed E-state index contributed by atoms with van der Waals surface area (Å²) in [6.45, 7) is 4.57. The number of anilines is 1. The highest BCUT2D eigenvalue weighted by molar-refractivity contribution is 6.16. The summed E-state index contributed by atoms with van der Waals surface area (Å²) in [5.74, 6) is 0.726. The Kier molecular flexibility index (Phi) is 4.39. The Balaban J connectivity index is 2.34. The predicted octanol–water partition coefficient (Wildman–Crippen LogP) is 2.02. The van der Waals surface area contributed by atoms with Crippen LogP contribution in [0.1, 0.15) is 20.3 Å². The summed E-state index contributed by atoms with van der Waals surface area (Å²) in [6.07, 6.45) is 0.635. The van der Waals surface area contributed by atoms with Crippen LogP contribution in [0.4, 0.5) is 5.69 Å². The van der Waals surface area contributed by atoms with Gasteiger partial charge in [-0.3, -0.25) is 4.79 Å².